The molecule has 2 rings (SSSR count). The summed E-state index contributed by atoms with van der Waals surface area (Å²) in [6.45, 7) is -0.113. The van der Waals surface area contributed by atoms with Gasteiger partial charge >= 0.3 is 0 Å². The highest BCUT2D eigenvalue weighted by Crippen LogP contribution is 2.13. The molecule has 2 aromatic rings. The molecular formula is C15H15BrN2O2. The summed E-state index contributed by atoms with van der Waals surface area (Å²) in [5.74, 6) is -0.250. The van der Waals surface area contributed by atoms with Crippen molar-refractivity contribution in [2.24, 2.45) is 0 Å². The Morgan fingerprint density at radius 1 is 1.25 bits per heavy atom. The quantitative estimate of drug-likeness (QED) is 0.824. The second-order valence-corrected chi connectivity index (χ2v) is 5.14. The van der Waals surface area contributed by atoms with Crippen molar-refractivity contribution in [3.05, 3.63) is 64.4 Å². The fourth-order valence-electron chi connectivity index (χ4n) is 1.88. The van der Waals surface area contributed by atoms with Crippen molar-refractivity contribution in [2.45, 2.75) is 12.5 Å². The third kappa shape index (κ3) is 3.88. The van der Waals surface area contributed by atoms with Crippen LogP contribution in [0, 0.1) is 0 Å². The van der Waals surface area contributed by atoms with Crippen LogP contribution < -0.4 is 5.32 Å². The van der Waals surface area contributed by atoms with Gasteiger partial charge in [0.25, 0.3) is 5.91 Å². The first-order chi connectivity index (χ1) is 9.70. The first-order valence-electron chi connectivity index (χ1n) is 6.27. The molecule has 5 heteroatoms. The highest BCUT2D eigenvalue weighted by atomic mass is 79.9. The Balaban J connectivity index is 2.03. The number of aliphatic hydroxyl groups is 1. The van der Waals surface area contributed by atoms with Crippen molar-refractivity contribution >= 4 is 21.8 Å². The summed E-state index contributed by atoms with van der Waals surface area (Å²) >= 11 is 3.24. The SMILES string of the molecule is O=C(NC(CO)Cc1ccccc1)c1cccnc1Br. The molecule has 2 N–H and O–H groups in total. The molecule has 1 amide bonds. The van der Waals surface area contributed by atoms with E-state index in [1.807, 2.05) is 30.3 Å². The monoisotopic (exact) mass is 334 g/mol. The molecule has 1 aromatic heterocycles. The molecule has 0 saturated heterocycles. The summed E-state index contributed by atoms with van der Waals surface area (Å²) in [4.78, 5) is 16.1. The number of aromatic nitrogens is 1. The molecule has 4 nitrogen and oxygen atoms in total. The standard InChI is InChI=1S/C15H15BrN2O2/c16-14-13(7-4-8-17-14)15(20)18-12(10-19)9-11-5-2-1-3-6-11/h1-8,12,19H,9-10H2,(H,18,20). The number of aliphatic hydroxyl groups excluding tert-OH is 1. The summed E-state index contributed by atoms with van der Waals surface area (Å²) in [6.07, 6.45) is 2.19. The molecule has 0 aliphatic carbocycles. The fourth-order valence-corrected chi connectivity index (χ4v) is 2.31. The van der Waals surface area contributed by atoms with Gasteiger partial charge in [0.15, 0.2) is 0 Å². The first kappa shape index (κ1) is 14.7. The molecule has 1 heterocycles. The van der Waals surface area contributed by atoms with Gasteiger partial charge < -0.3 is 10.4 Å². The topological polar surface area (TPSA) is 62.2 Å². The molecule has 0 aliphatic rings. The lowest BCUT2D eigenvalue weighted by Gasteiger charge is -2.16. The van der Waals surface area contributed by atoms with Crippen LogP contribution in [0.15, 0.2) is 53.3 Å². The Kier molecular flexibility index (Phi) is 5.26. The highest BCUT2D eigenvalue weighted by Gasteiger charge is 2.15. The predicted octanol–water partition coefficient (Wildman–Crippen LogP) is 2.18. The summed E-state index contributed by atoms with van der Waals surface area (Å²) in [5.41, 5.74) is 1.52. The van der Waals surface area contributed by atoms with Crippen molar-refractivity contribution in [3.8, 4) is 0 Å². The van der Waals surface area contributed by atoms with E-state index < -0.39 is 0 Å². The third-order valence-corrected chi connectivity index (χ3v) is 3.52. The largest absolute Gasteiger partial charge is 0.394 e. The number of hydrogen-bond donors (Lipinski definition) is 2. The number of nitrogens with zero attached hydrogens (tertiary/aromatic N) is 1. The van der Waals surface area contributed by atoms with Crippen molar-refractivity contribution in [3.63, 3.8) is 0 Å². The molecule has 0 radical (unpaired) electrons. The summed E-state index contributed by atoms with van der Waals surface area (Å²) < 4.78 is 0.494. The number of halogens is 1. The van der Waals surface area contributed by atoms with Gasteiger partial charge in [0, 0.05) is 6.20 Å². The van der Waals surface area contributed by atoms with E-state index in [1.165, 1.54) is 0 Å². The van der Waals surface area contributed by atoms with Gasteiger partial charge in [-0.05, 0) is 40.0 Å². The molecule has 0 aliphatic heterocycles. The zero-order chi connectivity index (χ0) is 14.4. The Morgan fingerprint density at radius 2 is 2.00 bits per heavy atom. The van der Waals surface area contributed by atoms with E-state index in [0.29, 0.717) is 16.6 Å². The van der Waals surface area contributed by atoms with E-state index in [0.717, 1.165) is 5.56 Å². The molecule has 0 saturated carbocycles. The normalized spacial score (nSPS) is 11.9. The maximum absolute atomic E-state index is 12.1. The average molecular weight is 335 g/mol. The number of amides is 1. The minimum absolute atomic E-state index is 0.113. The van der Waals surface area contributed by atoms with Gasteiger partial charge in [-0.1, -0.05) is 30.3 Å². The van der Waals surface area contributed by atoms with Crippen LogP contribution in [0.3, 0.4) is 0 Å². The highest BCUT2D eigenvalue weighted by molar-refractivity contribution is 9.10. The minimum Gasteiger partial charge on any atom is -0.394 e. The smallest absolute Gasteiger partial charge is 0.254 e. The summed E-state index contributed by atoms with van der Waals surface area (Å²) in [5, 5.41) is 12.2. The number of carbonyl (C=O) groups is 1. The molecule has 104 valence electrons. The van der Waals surface area contributed by atoms with Crippen LogP contribution in [-0.4, -0.2) is 28.6 Å². The van der Waals surface area contributed by atoms with Gasteiger partial charge in [-0.2, -0.15) is 0 Å². The van der Waals surface area contributed by atoms with Gasteiger partial charge in [-0.25, -0.2) is 4.98 Å². The van der Waals surface area contributed by atoms with E-state index in [-0.39, 0.29) is 18.6 Å². The number of pyridine rings is 1. The lowest BCUT2D eigenvalue weighted by molar-refractivity contribution is 0.0915. The van der Waals surface area contributed by atoms with Crippen LogP contribution in [0.5, 0.6) is 0 Å². The van der Waals surface area contributed by atoms with Crippen LogP contribution in [0.4, 0.5) is 0 Å². The minimum atomic E-state index is -0.322. The molecular weight excluding hydrogens is 320 g/mol. The molecule has 0 spiro atoms. The van der Waals surface area contributed by atoms with E-state index >= 15 is 0 Å². The molecule has 1 unspecified atom stereocenters. The molecule has 0 fully saturated rings. The van der Waals surface area contributed by atoms with E-state index in [2.05, 4.69) is 26.2 Å². The maximum atomic E-state index is 12.1. The van der Waals surface area contributed by atoms with Crippen molar-refractivity contribution in [1.82, 2.24) is 10.3 Å². The van der Waals surface area contributed by atoms with Crippen LogP contribution in [0.2, 0.25) is 0 Å². The Bertz CT molecular complexity index is 575. The Labute approximate surface area is 126 Å². The number of carbonyl (C=O) groups excluding carboxylic acids is 1. The third-order valence-electron chi connectivity index (χ3n) is 2.88. The van der Waals surface area contributed by atoms with Crippen LogP contribution in [-0.2, 0) is 6.42 Å². The van der Waals surface area contributed by atoms with E-state index in [1.54, 1.807) is 18.3 Å². The summed E-state index contributed by atoms with van der Waals surface area (Å²) in [6, 6.07) is 12.8. The van der Waals surface area contributed by atoms with Crippen molar-refractivity contribution in [1.29, 1.82) is 0 Å². The molecule has 1 atom stereocenters. The zero-order valence-electron chi connectivity index (χ0n) is 10.8. The Hall–Kier alpha value is -1.72. The van der Waals surface area contributed by atoms with Gasteiger partial charge in [0.1, 0.15) is 4.60 Å². The van der Waals surface area contributed by atoms with Gasteiger partial charge in [-0.3, -0.25) is 4.79 Å². The number of benzene rings is 1. The predicted molar refractivity (Wildman–Crippen MR) is 80.4 cm³/mol. The second kappa shape index (κ2) is 7.17. The van der Waals surface area contributed by atoms with E-state index in [9.17, 15) is 9.90 Å². The van der Waals surface area contributed by atoms with Crippen LogP contribution in [0.1, 0.15) is 15.9 Å². The van der Waals surface area contributed by atoms with Gasteiger partial charge in [-0.15, -0.1) is 0 Å². The van der Waals surface area contributed by atoms with Crippen LogP contribution >= 0.6 is 15.9 Å². The molecule has 1 aromatic carbocycles. The lowest BCUT2D eigenvalue weighted by atomic mass is 10.1. The second-order valence-electron chi connectivity index (χ2n) is 4.38. The lowest BCUT2D eigenvalue weighted by Crippen LogP contribution is -2.39. The van der Waals surface area contributed by atoms with Crippen molar-refractivity contribution < 1.29 is 9.90 Å². The fraction of sp³-hybridized carbons (Fsp3) is 0.200. The number of rotatable bonds is 5. The average Bonchev–Trinajstić information content (AvgIpc) is 2.48. The van der Waals surface area contributed by atoms with Crippen molar-refractivity contribution in [2.75, 3.05) is 6.61 Å². The molecule has 20 heavy (non-hydrogen) atoms. The number of nitrogens with one attached hydrogen (secondary N) is 1. The van der Waals surface area contributed by atoms with Crippen LogP contribution in [0.25, 0.3) is 0 Å². The zero-order valence-corrected chi connectivity index (χ0v) is 12.4. The van der Waals surface area contributed by atoms with Gasteiger partial charge in [0.05, 0.1) is 18.2 Å². The first-order valence-corrected chi connectivity index (χ1v) is 7.06. The Morgan fingerprint density at radius 3 is 2.65 bits per heavy atom. The maximum Gasteiger partial charge on any atom is 0.254 e. The molecule has 0 bridgehead atoms. The number of hydrogen-bond acceptors (Lipinski definition) is 3. The van der Waals surface area contributed by atoms with E-state index in [4.69, 9.17) is 0 Å². The summed E-state index contributed by atoms with van der Waals surface area (Å²) in [7, 11) is 0. The van der Waals surface area contributed by atoms with Gasteiger partial charge in [0.2, 0.25) is 0 Å².